The van der Waals surface area contributed by atoms with E-state index in [4.69, 9.17) is 4.74 Å². The Morgan fingerprint density at radius 2 is 1.76 bits per heavy atom. The van der Waals surface area contributed by atoms with Crippen LogP contribution >= 0.6 is 0 Å². The van der Waals surface area contributed by atoms with Gasteiger partial charge in [-0.2, -0.15) is 0 Å². The summed E-state index contributed by atoms with van der Waals surface area (Å²) in [6.45, 7) is 0. The molecule has 0 fully saturated rings. The van der Waals surface area contributed by atoms with Crippen molar-refractivity contribution < 1.29 is 4.74 Å². The largest absolute Gasteiger partial charge is 0.490 e. The third-order valence-electron chi connectivity index (χ3n) is 2.77. The molecule has 0 saturated carbocycles. The van der Waals surface area contributed by atoms with E-state index in [-0.39, 0.29) is 0 Å². The van der Waals surface area contributed by atoms with Crippen LogP contribution in [0, 0.1) is 7.11 Å². The molecule has 3 nitrogen and oxygen atoms in total. The number of hydrogen-bond donors (Lipinski definition) is 1. The van der Waals surface area contributed by atoms with Gasteiger partial charge in [0.2, 0.25) is 0 Å². The molecule has 0 aliphatic rings. The number of H-pyrrole nitrogens is 1. The molecule has 0 atom stereocenters. The van der Waals surface area contributed by atoms with Crippen molar-refractivity contribution >= 4 is 11.0 Å². The highest BCUT2D eigenvalue weighted by Gasteiger charge is 2.01. The van der Waals surface area contributed by atoms with Gasteiger partial charge in [-0.25, -0.2) is 4.98 Å². The summed E-state index contributed by atoms with van der Waals surface area (Å²) in [6, 6.07) is 14.0. The summed E-state index contributed by atoms with van der Waals surface area (Å²) >= 11 is 0. The van der Waals surface area contributed by atoms with E-state index >= 15 is 0 Å². The van der Waals surface area contributed by atoms with E-state index in [9.17, 15) is 0 Å². The van der Waals surface area contributed by atoms with Crippen molar-refractivity contribution in [3.63, 3.8) is 0 Å². The minimum Gasteiger partial charge on any atom is -0.490 e. The Morgan fingerprint density at radius 3 is 2.53 bits per heavy atom. The fourth-order valence-corrected chi connectivity index (χ4v) is 1.86. The lowest BCUT2D eigenvalue weighted by atomic mass is 10.1. The lowest BCUT2D eigenvalue weighted by Crippen LogP contribution is -1.81. The lowest BCUT2D eigenvalue weighted by Gasteiger charge is -2.03. The van der Waals surface area contributed by atoms with Gasteiger partial charge in [0.1, 0.15) is 12.9 Å². The summed E-state index contributed by atoms with van der Waals surface area (Å²) in [5.41, 5.74) is 4.31. The van der Waals surface area contributed by atoms with Crippen molar-refractivity contribution in [3.8, 4) is 16.9 Å². The zero-order valence-electron chi connectivity index (χ0n) is 9.18. The fourth-order valence-electron chi connectivity index (χ4n) is 1.86. The number of nitrogens with zero attached hydrogens (tertiary/aromatic N) is 1. The molecule has 0 aliphatic carbocycles. The average Bonchev–Trinajstić information content (AvgIpc) is 2.86. The van der Waals surface area contributed by atoms with Crippen LogP contribution in [0.15, 0.2) is 48.8 Å². The number of benzene rings is 2. The highest BCUT2D eigenvalue weighted by molar-refractivity contribution is 5.81. The molecule has 0 saturated heterocycles. The van der Waals surface area contributed by atoms with E-state index in [1.165, 1.54) is 0 Å². The first-order valence-corrected chi connectivity index (χ1v) is 5.32. The second-order valence-corrected chi connectivity index (χ2v) is 3.80. The van der Waals surface area contributed by atoms with Gasteiger partial charge in [-0.3, -0.25) is 0 Å². The van der Waals surface area contributed by atoms with Crippen LogP contribution in [0.4, 0.5) is 0 Å². The first-order valence-electron chi connectivity index (χ1n) is 5.32. The molecule has 0 unspecified atom stereocenters. The summed E-state index contributed by atoms with van der Waals surface area (Å²) in [7, 11) is 3.38. The molecule has 1 aromatic heterocycles. The molecule has 83 valence electrons. The van der Waals surface area contributed by atoms with E-state index < -0.39 is 0 Å². The van der Waals surface area contributed by atoms with Gasteiger partial charge < -0.3 is 9.72 Å². The number of aromatic nitrogens is 2. The molecule has 3 aromatic rings. The third-order valence-corrected chi connectivity index (χ3v) is 2.77. The third kappa shape index (κ3) is 1.76. The first kappa shape index (κ1) is 9.90. The molecule has 3 rings (SSSR count). The quantitative estimate of drug-likeness (QED) is 0.723. The molecule has 1 heterocycles. The van der Waals surface area contributed by atoms with E-state index in [2.05, 4.69) is 29.2 Å². The Labute approximate surface area is 99.1 Å². The Morgan fingerprint density at radius 1 is 1.00 bits per heavy atom. The van der Waals surface area contributed by atoms with Crippen molar-refractivity contribution in [2.24, 2.45) is 0 Å². The maximum Gasteiger partial charge on any atom is 0.122 e. The van der Waals surface area contributed by atoms with Gasteiger partial charge in [0, 0.05) is 0 Å². The van der Waals surface area contributed by atoms with Crippen molar-refractivity contribution in [2.75, 3.05) is 0 Å². The lowest BCUT2D eigenvalue weighted by molar-refractivity contribution is 0.473. The van der Waals surface area contributed by atoms with Gasteiger partial charge in [-0.15, -0.1) is 0 Å². The molecular weight excluding hydrogens is 212 g/mol. The highest BCUT2D eigenvalue weighted by Crippen LogP contribution is 2.24. The standard InChI is InChI=1S/C14H11N2O/c1-17-12-5-2-10(3-6-12)11-4-7-13-14(8-11)16-9-15-13/h2-9H,1H2,(H,15,16). The maximum absolute atomic E-state index is 4.90. The minimum absolute atomic E-state index is 0.761. The Bertz CT molecular complexity index is 641. The van der Waals surface area contributed by atoms with Crippen LogP contribution < -0.4 is 4.74 Å². The van der Waals surface area contributed by atoms with Crippen molar-refractivity contribution in [2.45, 2.75) is 0 Å². The number of aromatic amines is 1. The number of nitrogens with one attached hydrogen (secondary N) is 1. The van der Waals surface area contributed by atoms with Crippen molar-refractivity contribution in [1.29, 1.82) is 0 Å². The predicted octanol–water partition coefficient (Wildman–Crippen LogP) is 3.40. The monoisotopic (exact) mass is 223 g/mol. The number of fused-ring (bicyclic) bond motifs is 1. The zero-order valence-corrected chi connectivity index (χ0v) is 9.18. The van der Waals surface area contributed by atoms with E-state index in [1.807, 2.05) is 30.3 Å². The van der Waals surface area contributed by atoms with Gasteiger partial charge >= 0.3 is 0 Å². The molecule has 0 amide bonds. The Hall–Kier alpha value is -2.29. The number of ether oxygens (including phenoxy) is 1. The normalized spacial score (nSPS) is 10.6. The SMILES string of the molecule is [CH2]Oc1ccc(-c2ccc3nc[nH]c3c2)cc1. The summed E-state index contributed by atoms with van der Waals surface area (Å²) in [4.78, 5) is 7.30. The van der Waals surface area contributed by atoms with Crippen LogP contribution in [0.1, 0.15) is 0 Å². The second kappa shape index (κ2) is 3.94. The zero-order chi connectivity index (χ0) is 11.7. The number of imidazole rings is 1. The topological polar surface area (TPSA) is 37.9 Å². The second-order valence-electron chi connectivity index (χ2n) is 3.80. The Kier molecular flexibility index (Phi) is 2.29. The molecule has 0 aliphatic heterocycles. The first-order chi connectivity index (χ1) is 8.36. The molecule has 3 heteroatoms. The summed E-state index contributed by atoms with van der Waals surface area (Å²) in [6.07, 6.45) is 1.70. The van der Waals surface area contributed by atoms with Crippen LogP contribution in [-0.4, -0.2) is 9.97 Å². The molecular formula is C14H11N2O. The molecule has 1 radical (unpaired) electrons. The number of hydrogen-bond acceptors (Lipinski definition) is 2. The smallest absolute Gasteiger partial charge is 0.122 e. The van der Waals surface area contributed by atoms with Gasteiger partial charge in [0.15, 0.2) is 0 Å². The Balaban J connectivity index is 2.06. The van der Waals surface area contributed by atoms with Gasteiger partial charge in [0.05, 0.1) is 17.4 Å². The van der Waals surface area contributed by atoms with Crippen LogP contribution in [0.3, 0.4) is 0 Å². The maximum atomic E-state index is 4.90. The molecule has 1 N–H and O–H groups in total. The van der Waals surface area contributed by atoms with Crippen molar-refractivity contribution in [3.05, 3.63) is 55.9 Å². The van der Waals surface area contributed by atoms with Gasteiger partial charge in [0.25, 0.3) is 0 Å². The van der Waals surface area contributed by atoms with Gasteiger partial charge in [-0.05, 0) is 35.4 Å². The van der Waals surface area contributed by atoms with Crippen LogP contribution in [0.2, 0.25) is 0 Å². The minimum atomic E-state index is 0.761. The van der Waals surface area contributed by atoms with E-state index in [0.717, 1.165) is 27.9 Å². The molecule has 0 bridgehead atoms. The number of rotatable bonds is 2. The predicted molar refractivity (Wildman–Crippen MR) is 67.5 cm³/mol. The van der Waals surface area contributed by atoms with Crippen LogP contribution in [-0.2, 0) is 0 Å². The van der Waals surface area contributed by atoms with Crippen LogP contribution in [0.5, 0.6) is 5.75 Å². The summed E-state index contributed by atoms with van der Waals surface area (Å²) in [5, 5.41) is 0. The average molecular weight is 223 g/mol. The summed E-state index contributed by atoms with van der Waals surface area (Å²) < 4.78 is 4.90. The highest BCUT2D eigenvalue weighted by atomic mass is 16.5. The summed E-state index contributed by atoms with van der Waals surface area (Å²) in [5.74, 6) is 0.761. The van der Waals surface area contributed by atoms with Crippen LogP contribution in [0.25, 0.3) is 22.2 Å². The van der Waals surface area contributed by atoms with Crippen molar-refractivity contribution in [1.82, 2.24) is 9.97 Å². The van der Waals surface area contributed by atoms with E-state index in [1.54, 1.807) is 6.33 Å². The molecule has 0 spiro atoms. The molecule has 17 heavy (non-hydrogen) atoms. The van der Waals surface area contributed by atoms with E-state index in [0.29, 0.717) is 0 Å². The van der Waals surface area contributed by atoms with Gasteiger partial charge in [-0.1, -0.05) is 18.2 Å². The molecule has 2 aromatic carbocycles. The fraction of sp³-hybridized carbons (Fsp3) is 0.